The molecule has 0 aliphatic carbocycles. The number of carbonyl (C=O) groups is 2. The van der Waals surface area contributed by atoms with Gasteiger partial charge >= 0.3 is 11.9 Å². The standard InChI is InChI=1S/C16H22O7S/c17-15(18)6-2-1-4-12(5-3-7-16(19)20)13-8-10-14(11-9-13)24(21,22)23/h8-12H,1-7H2,(H,17,18)(H,19,20)(H,21,22,23). The summed E-state index contributed by atoms with van der Waals surface area (Å²) in [5.74, 6) is -1.70. The number of hydrogen-bond acceptors (Lipinski definition) is 4. The molecular formula is C16H22O7S. The normalized spacial score (nSPS) is 12.7. The third-order valence-electron chi connectivity index (χ3n) is 3.79. The molecule has 7 nitrogen and oxygen atoms in total. The molecule has 1 rings (SSSR count). The highest BCUT2D eigenvalue weighted by Crippen LogP contribution is 2.28. The zero-order chi connectivity index (χ0) is 18.2. The van der Waals surface area contributed by atoms with Crippen LogP contribution in [0.25, 0.3) is 0 Å². The summed E-state index contributed by atoms with van der Waals surface area (Å²) in [6, 6.07) is 5.83. The van der Waals surface area contributed by atoms with Crippen LogP contribution in [0.3, 0.4) is 0 Å². The number of aliphatic carboxylic acids is 2. The van der Waals surface area contributed by atoms with E-state index in [0.29, 0.717) is 32.1 Å². The van der Waals surface area contributed by atoms with Gasteiger partial charge in [-0.3, -0.25) is 14.1 Å². The van der Waals surface area contributed by atoms with Crippen molar-refractivity contribution in [1.29, 1.82) is 0 Å². The molecule has 0 aliphatic heterocycles. The fourth-order valence-electron chi connectivity index (χ4n) is 2.56. The number of unbranched alkanes of at least 4 members (excludes halogenated alkanes) is 1. The van der Waals surface area contributed by atoms with Gasteiger partial charge < -0.3 is 10.2 Å². The molecular weight excluding hydrogens is 336 g/mol. The topological polar surface area (TPSA) is 129 Å². The molecule has 0 radical (unpaired) electrons. The Hall–Kier alpha value is -1.93. The van der Waals surface area contributed by atoms with Gasteiger partial charge in [0.2, 0.25) is 0 Å². The lowest BCUT2D eigenvalue weighted by atomic mass is 9.88. The molecule has 0 spiro atoms. The highest BCUT2D eigenvalue weighted by Gasteiger charge is 2.15. The van der Waals surface area contributed by atoms with Crippen molar-refractivity contribution in [2.45, 2.75) is 55.8 Å². The van der Waals surface area contributed by atoms with E-state index in [1.54, 1.807) is 12.1 Å². The smallest absolute Gasteiger partial charge is 0.303 e. The summed E-state index contributed by atoms with van der Waals surface area (Å²) in [6.07, 6.45) is 3.15. The largest absolute Gasteiger partial charge is 0.481 e. The number of benzene rings is 1. The molecule has 134 valence electrons. The lowest BCUT2D eigenvalue weighted by molar-refractivity contribution is -0.138. The van der Waals surface area contributed by atoms with Gasteiger partial charge in [-0.1, -0.05) is 18.6 Å². The Balaban J connectivity index is 2.74. The van der Waals surface area contributed by atoms with E-state index in [-0.39, 0.29) is 23.7 Å². The minimum absolute atomic E-state index is 0.0218. The van der Waals surface area contributed by atoms with E-state index in [9.17, 15) is 18.0 Å². The Labute approximate surface area is 141 Å². The Kier molecular flexibility index (Phi) is 7.87. The summed E-state index contributed by atoms with van der Waals surface area (Å²) in [7, 11) is -4.25. The quantitative estimate of drug-likeness (QED) is 0.409. The van der Waals surface area contributed by atoms with Crippen molar-refractivity contribution in [2.75, 3.05) is 0 Å². The van der Waals surface area contributed by atoms with E-state index in [2.05, 4.69) is 0 Å². The van der Waals surface area contributed by atoms with Crippen LogP contribution in [0.4, 0.5) is 0 Å². The van der Waals surface area contributed by atoms with Gasteiger partial charge in [0, 0.05) is 12.8 Å². The van der Waals surface area contributed by atoms with Crippen LogP contribution in [0, 0.1) is 0 Å². The second-order valence-corrected chi connectivity index (χ2v) is 7.09. The highest BCUT2D eigenvalue weighted by atomic mass is 32.2. The van der Waals surface area contributed by atoms with Gasteiger partial charge in [-0.2, -0.15) is 8.42 Å². The summed E-state index contributed by atoms with van der Waals surface area (Å²) in [6.45, 7) is 0. The van der Waals surface area contributed by atoms with Crippen LogP contribution in [-0.2, 0) is 19.7 Å². The maximum atomic E-state index is 11.1. The van der Waals surface area contributed by atoms with Gasteiger partial charge in [-0.05, 0) is 49.3 Å². The summed E-state index contributed by atoms with van der Waals surface area (Å²) in [4.78, 5) is 21.0. The van der Waals surface area contributed by atoms with E-state index in [4.69, 9.17) is 14.8 Å². The number of rotatable bonds is 11. The van der Waals surface area contributed by atoms with Gasteiger partial charge in [-0.15, -0.1) is 0 Å². The molecule has 0 heterocycles. The zero-order valence-electron chi connectivity index (χ0n) is 13.2. The molecule has 1 aromatic rings. The van der Waals surface area contributed by atoms with Crippen molar-refractivity contribution in [1.82, 2.24) is 0 Å². The Bertz CT molecular complexity index is 650. The molecule has 8 heteroatoms. The van der Waals surface area contributed by atoms with Gasteiger partial charge in [-0.25, -0.2) is 0 Å². The van der Waals surface area contributed by atoms with Crippen LogP contribution in [0.5, 0.6) is 0 Å². The number of carboxylic acid groups (broad SMARTS) is 2. The molecule has 0 saturated heterocycles. The van der Waals surface area contributed by atoms with E-state index < -0.39 is 22.1 Å². The maximum absolute atomic E-state index is 11.1. The van der Waals surface area contributed by atoms with E-state index >= 15 is 0 Å². The van der Waals surface area contributed by atoms with Crippen LogP contribution in [0.2, 0.25) is 0 Å². The first-order valence-electron chi connectivity index (χ1n) is 7.71. The SMILES string of the molecule is O=C(O)CCCCC(CCCC(=O)O)c1ccc(S(=O)(=O)O)cc1. The molecule has 0 saturated carbocycles. The predicted molar refractivity (Wildman–Crippen MR) is 86.6 cm³/mol. The Morgan fingerprint density at radius 3 is 1.88 bits per heavy atom. The first kappa shape index (κ1) is 20.1. The Morgan fingerprint density at radius 1 is 0.875 bits per heavy atom. The summed E-state index contributed by atoms with van der Waals surface area (Å²) in [5, 5.41) is 17.4. The van der Waals surface area contributed by atoms with Crippen LogP contribution in [0.15, 0.2) is 29.2 Å². The third-order valence-corrected chi connectivity index (χ3v) is 4.65. The minimum atomic E-state index is -4.25. The van der Waals surface area contributed by atoms with Crippen LogP contribution in [0.1, 0.15) is 56.4 Å². The first-order chi connectivity index (χ1) is 11.2. The van der Waals surface area contributed by atoms with Crippen molar-refractivity contribution in [3.8, 4) is 0 Å². The van der Waals surface area contributed by atoms with E-state index in [1.165, 1.54) is 12.1 Å². The molecule has 0 bridgehead atoms. The average molecular weight is 358 g/mol. The molecule has 0 aliphatic rings. The lowest BCUT2D eigenvalue weighted by Gasteiger charge is -2.17. The van der Waals surface area contributed by atoms with Crippen molar-refractivity contribution in [2.24, 2.45) is 0 Å². The third kappa shape index (κ3) is 7.56. The fourth-order valence-corrected chi connectivity index (χ4v) is 3.04. The van der Waals surface area contributed by atoms with E-state index in [0.717, 1.165) is 5.56 Å². The van der Waals surface area contributed by atoms with Gasteiger partial charge in [0.05, 0.1) is 4.90 Å². The van der Waals surface area contributed by atoms with Crippen LogP contribution < -0.4 is 0 Å². The highest BCUT2D eigenvalue weighted by molar-refractivity contribution is 7.85. The molecule has 3 N–H and O–H groups in total. The second kappa shape index (κ2) is 9.39. The number of carboxylic acids is 2. The zero-order valence-corrected chi connectivity index (χ0v) is 14.0. The van der Waals surface area contributed by atoms with Gasteiger partial charge in [0.15, 0.2) is 0 Å². The van der Waals surface area contributed by atoms with Crippen molar-refractivity contribution in [3.63, 3.8) is 0 Å². The molecule has 1 atom stereocenters. The van der Waals surface area contributed by atoms with Crippen molar-refractivity contribution in [3.05, 3.63) is 29.8 Å². The van der Waals surface area contributed by atoms with E-state index in [1.807, 2.05) is 0 Å². The molecule has 0 fully saturated rings. The molecule has 1 aromatic carbocycles. The van der Waals surface area contributed by atoms with Crippen LogP contribution in [-0.4, -0.2) is 35.1 Å². The molecule has 0 aromatic heterocycles. The predicted octanol–water partition coefficient (Wildman–Crippen LogP) is 2.92. The van der Waals surface area contributed by atoms with Crippen molar-refractivity contribution >= 4 is 22.1 Å². The Morgan fingerprint density at radius 2 is 1.38 bits per heavy atom. The van der Waals surface area contributed by atoms with Gasteiger partial charge in [0.1, 0.15) is 0 Å². The monoisotopic (exact) mass is 358 g/mol. The van der Waals surface area contributed by atoms with Gasteiger partial charge in [0.25, 0.3) is 10.1 Å². The van der Waals surface area contributed by atoms with Crippen LogP contribution >= 0.6 is 0 Å². The molecule has 1 unspecified atom stereocenters. The van der Waals surface area contributed by atoms with Crippen molar-refractivity contribution < 1.29 is 32.8 Å². The lowest BCUT2D eigenvalue weighted by Crippen LogP contribution is -2.04. The summed E-state index contributed by atoms with van der Waals surface area (Å²) < 4.78 is 31.1. The summed E-state index contributed by atoms with van der Waals surface area (Å²) in [5.41, 5.74) is 0.850. The average Bonchev–Trinajstić information content (AvgIpc) is 2.48. The second-order valence-electron chi connectivity index (χ2n) is 5.67. The minimum Gasteiger partial charge on any atom is -0.481 e. The number of hydrogen-bond donors (Lipinski definition) is 3. The fraction of sp³-hybridized carbons (Fsp3) is 0.500. The molecule has 24 heavy (non-hydrogen) atoms. The first-order valence-corrected chi connectivity index (χ1v) is 9.15. The maximum Gasteiger partial charge on any atom is 0.303 e. The molecule has 0 amide bonds. The summed E-state index contributed by atoms with van der Waals surface area (Å²) >= 11 is 0.